The molecule has 0 aliphatic heterocycles. The normalized spacial score (nSPS) is 10.7. The average molecular weight is 467 g/mol. The van der Waals surface area contributed by atoms with E-state index in [4.69, 9.17) is 9.47 Å². The van der Waals surface area contributed by atoms with E-state index in [9.17, 15) is 9.59 Å². The highest BCUT2D eigenvalue weighted by Crippen LogP contribution is 2.29. The summed E-state index contributed by atoms with van der Waals surface area (Å²) in [4.78, 5) is 24.1. The molecular formula is C30H42O4. The Morgan fingerprint density at radius 1 is 0.618 bits per heavy atom. The molecule has 0 radical (unpaired) electrons. The van der Waals surface area contributed by atoms with Crippen LogP contribution < -0.4 is 4.74 Å². The lowest BCUT2D eigenvalue weighted by molar-refractivity contribution is -0.144. The molecule has 4 heteroatoms. The zero-order valence-electron chi connectivity index (χ0n) is 20.9. The monoisotopic (exact) mass is 466 g/mol. The number of ether oxygens (including phenoxy) is 2. The Bertz CT molecular complexity index is 816. The van der Waals surface area contributed by atoms with Gasteiger partial charge in [-0.3, -0.25) is 9.59 Å². The summed E-state index contributed by atoms with van der Waals surface area (Å²) >= 11 is 0. The molecule has 0 aromatic heterocycles. The third-order valence-corrected chi connectivity index (χ3v) is 5.97. The van der Waals surface area contributed by atoms with Crippen molar-refractivity contribution in [3.8, 4) is 16.9 Å². The maximum absolute atomic E-state index is 12.3. The van der Waals surface area contributed by atoms with Gasteiger partial charge in [-0.1, -0.05) is 113 Å². The minimum absolute atomic E-state index is 0.0629. The first-order valence-corrected chi connectivity index (χ1v) is 13.2. The highest BCUT2D eigenvalue weighted by molar-refractivity contribution is 5.78. The van der Waals surface area contributed by atoms with Gasteiger partial charge < -0.3 is 9.47 Å². The molecule has 0 fully saturated rings. The van der Waals surface area contributed by atoms with Crippen LogP contribution in [0.4, 0.5) is 0 Å². The van der Waals surface area contributed by atoms with Crippen LogP contribution in [0.1, 0.15) is 96.8 Å². The third kappa shape index (κ3) is 12.0. The first kappa shape index (κ1) is 27.6. The summed E-state index contributed by atoms with van der Waals surface area (Å²) in [5.41, 5.74) is 1.97. The molecule has 0 atom stereocenters. The summed E-state index contributed by atoms with van der Waals surface area (Å²) in [7, 11) is 0. The van der Waals surface area contributed by atoms with Gasteiger partial charge in [0.2, 0.25) is 0 Å². The van der Waals surface area contributed by atoms with Crippen LogP contribution in [-0.4, -0.2) is 18.5 Å². The van der Waals surface area contributed by atoms with Crippen molar-refractivity contribution in [1.29, 1.82) is 0 Å². The van der Waals surface area contributed by atoms with Crippen molar-refractivity contribution in [3.05, 3.63) is 54.6 Å². The Kier molecular flexibility index (Phi) is 14.5. The van der Waals surface area contributed by atoms with Gasteiger partial charge in [0.05, 0.1) is 6.61 Å². The lowest BCUT2D eigenvalue weighted by atomic mass is 10.0. The fraction of sp³-hybridized carbons (Fsp3) is 0.533. The van der Waals surface area contributed by atoms with Crippen molar-refractivity contribution in [2.75, 3.05) is 6.61 Å². The van der Waals surface area contributed by atoms with Crippen molar-refractivity contribution in [2.45, 2.75) is 96.8 Å². The number of hydrogen-bond acceptors (Lipinski definition) is 4. The molecule has 0 spiro atoms. The molecule has 4 nitrogen and oxygen atoms in total. The molecular weight excluding hydrogens is 424 g/mol. The van der Waals surface area contributed by atoms with Crippen molar-refractivity contribution >= 4 is 11.9 Å². The number of unbranched alkanes of at least 4 members (excludes halogenated alkanes) is 10. The highest BCUT2D eigenvalue weighted by Gasteiger charge is 2.10. The Morgan fingerprint density at radius 3 is 1.88 bits per heavy atom. The van der Waals surface area contributed by atoms with Crippen LogP contribution in [0.15, 0.2) is 54.6 Å². The largest absolute Gasteiger partial charge is 0.466 e. The lowest BCUT2D eigenvalue weighted by Crippen LogP contribution is -2.08. The van der Waals surface area contributed by atoms with Gasteiger partial charge in [0.15, 0.2) is 0 Å². The maximum Gasteiger partial charge on any atom is 0.311 e. The molecule has 0 saturated carbocycles. The topological polar surface area (TPSA) is 52.6 Å². The van der Waals surface area contributed by atoms with Crippen molar-refractivity contribution in [2.24, 2.45) is 0 Å². The molecule has 0 amide bonds. The highest BCUT2D eigenvalue weighted by atomic mass is 16.5. The van der Waals surface area contributed by atoms with E-state index in [2.05, 4.69) is 6.92 Å². The van der Waals surface area contributed by atoms with Gasteiger partial charge in [-0.25, -0.2) is 0 Å². The van der Waals surface area contributed by atoms with Gasteiger partial charge in [-0.15, -0.1) is 0 Å². The molecule has 0 heterocycles. The number of benzene rings is 2. The first-order valence-electron chi connectivity index (χ1n) is 13.2. The van der Waals surface area contributed by atoms with Gasteiger partial charge >= 0.3 is 11.9 Å². The van der Waals surface area contributed by atoms with E-state index >= 15 is 0 Å². The van der Waals surface area contributed by atoms with Crippen molar-refractivity contribution < 1.29 is 19.1 Å². The molecule has 0 saturated heterocycles. The Balaban J connectivity index is 1.48. The van der Waals surface area contributed by atoms with E-state index in [-0.39, 0.29) is 11.9 Å². The fourth-order valence-corrected chi connectivity index (χ4v) is 3.97. The Hall–Kier alpha value is -2.62. The predicted molar refractivity (Wildman–Crippen MR) is 139 cm³/mol. The number of esters is 2. The quantitative estimate of drug-likeness (QED) is 0.126. The molecule has 0 aliphatic rings. The van der Waals surface area contributed by atoms with Gasteiger partial charge in [-0.2, -0.15) is 0 Å². The summed E-state index contributed by atoms with van der Waals surface area (Å²) in [5, 5.41) is 0. The molecule has 0 aliphatic carbocycles. The molecule has 34 heavy (non-hydrogen) atoms. The molecule has 2 rings (SSSR count). The zero-order valence-corrected chi connectivity index (χ0v) is 20.9. The van der Waals surface area contributed by atoms with E-state index in [1.165, 1.54) is 25.7 Å². The SMILES string of the molecule is CCCCCCCCOC(=O)CCCCCCCCC(=O)Oc1ccccc1-c1ccccc1. The van der Waals surface area contributed by atoms with Gasteiger partial charge in [0.1, 0.15) is 5.75 Å². The Labute approximate surface area is 206 Å². The summed E-state index contributed by atoms with van der Waals surface area (Å²) in [5.74, 6) is 0.366. The van der Waals surface area contributed by atoms with Crippen LogP contribution in [-0.2, 0) is 14.3 Å². The maximum atomic E-state index is 12.3. The van der Waals surface area contributed by atoms with Gasteiger partial charge in [-0.05, 0) is 30.9 Å². The van der Waals surface area contributed by atoms with Gasteiger partial charge in [0, 0.05) is 18.4 Å². The van der Waals surface area contributed by atoms with Crippen molar-refractivity contribution in [1.82, 2.24) is 0 Å². The van der Waals surface area contributed by atoms with Crippen LogP contribution in [0, 0.1) is 0 Å². The number of rotatable bonds is 18. The van der Waals surface area contributed by atoms with Gasteiger partial charge in [0.25, 0.3) is 0 Å². The molecule has 2 aromatic carbocycles. The number of carbonyl (C=O) groups excluding carboxylic acids is 2. The van der Waals surface area contributed by atoms with Crippen molar-refractivity contribution in [3.63, 3.8) is 0 Å². The summed E-state index contributed by atoms with van der Waals surface area (Å²) in [6, 6.07) is 17.6. The summed E-state index contributed by atoms with van der Waals surface area (Å²) in [6.07, 6.45) is 14.0. The second-order valence-electron chi connectivity index (χ2n) is 8.95. The molecule has 0 N–H and O–H groups in total. The molecule has 0 bridgehead atoms. The minimum Gasteiger partial charge on any atom is -0.466 e. The zero-order chi connectivity index (χ0) is 24.3. The second-order valence-corrected chi connectivity index (χ2v) is 8.95. The molecule has 2 aromatic rings. The van der Waals surface area contributed by atoms with E-state index in [1.54, 1.807) is 0 Å². The van der Waals surface area contributed by atoms with Crippen LogP contribution in [0.3, 0.4) is 0 Å². The Morgan fingerprint density at radius 2 is 1.18 bits per heavy atom. The predicted octanol–water partition coefficient (Wildman–Crippen LogP) is 8.28. The van der Waals surface area contributed by atoms with Crippen LogP contribution in [0.2, 0.25) is 0 Å². The van der Waals surface area contributed by atoms with Crippen LogP contribution in [0.5, 0.6) is 5.75 Å². The van der Waals surface area contributed by atoms with Crippen LogP contribution >= 0.6 is 0 Å². The summed E-state index contributed by atoms with van der Waals surface area (Å²) < 4.78 is 11.0. The van der Waals surface area contributed by atoms with E-state index in [0.717, 1.165) is 62.5 Å². The number of carbonyl (C=O) groups is 2. The first-order chi connectivity index (χ1) is 16.7. The number of para-hydroxylation sites is 1. The van der Waals surface area contributed by atoms with E-state index in [1.807, 2.05) is 54.6 Å². The van der Waals surface area contributed by atoms with Crippen LogP contribution in [0.25, 0.3) is 11.1 Å². The fourth-order valence-electron chi connectivity index (χ4n) is 3.97. The average Bonchev–Trinajstić information content (AvgIpc) is 2.86. The van der Waals surface area contributed by atoms with E-state index in [0.29, 0.717) is 25.2 Å². The molecule has 186 valence electrons. The number of hydrogen-bond donors (Lipinski definition) is 0. The third-order valence-electron chi connectivity index (χ3n) is 5.97. The summed E-state index contributed by atoms with van der Waals surface area (Å²) in [6.45, 7) is 2.78. The lowest BCUT2D eigenvalue weighted by Gasteiger charge is -2.10. The smallest absolute Gasteiger partial charge is 0.311 e. The standard InChI is InChI=1S/C30H42O4/c1-2-3-4-5-10-18-25-33-29(31)23-14-8-6-7-9-15-24-30(32)34-28-22-17-16-21-27(28)26-19-12-11-13-20-26/h11-13,16-17,19-22H,2-10,14-15,18,23-25H2,1H3. The molecule has 0 unspecified atom stereocenters. The second kappa shape index (κ2) is 17.8. The minimum atomic E-state index is -0.184. The van der Waals surface area contributed by atoms with E-state index < -0.39 is 0 Å².